The first-order chi connectivity index (χ1) is 5.95. The zero-order valence-electron chi connectivity index (χ0n) is 6.54. The molecule has 0 radical (unpaired) electrons. The van der Waals surface area contributed by atoms with Gasteiger partial charge in [-0.2, -0.15) is 5.10 Å². The van der Waals surface area contributed by atoms with Gasteiger partial charge in [-0.3, -0.25) is 5.10 Å². The van der Waals surface area contributed by atoms with Gasteiger partial charge in [0.25, 0.3) is 0 Å². The van der Waals surface area contributed by atoms with Crippen LogP contribution >= 0.6 is 0 Å². The van der Waals surface area contributed by atoms with E-state index in [0.29, 0.717) is 0 Å². The van der Waals surface area contributed by atoms with E-state index in [4.69, 9.17) is 0 Å². The Morgan fingerprint density at radius 3 is 3.33 bits per heavy atom. The number of nitrogens with one attached hydrogen (secondary N) is 1. The Morgan fingerprint density at radius 2 is 2.33 bits per heavy atom. The fourth-order valence-electron chi connectivity index (χ4n) is 1.76. The predicted octanol–water partition coefficient (Wildman–Crippen LogP) is 2.13. The van der Waals surface area contributed by atoms with E-state index in [-0.39, 0.29) is 0 Å². The lowest BCUT2D eigenvalue weighted by Crippen LogP contribution is -1.88. The van der Waals surface area contributed by atoms with Gasteiger partial charge >= 0.3 is 0 Å². The number of hydrogen-bond acceptors (Lipinski definition) is 1. The smallest absolute Gasteiger partial charge is 0.0927 e. The number of H-pyrrole nitrogens is 1. The van der Waals surface area contributed by atoms with E-state index < -0.39 is 0 Å². The lowest BCUT2D eigenvalue weighted by atomic mass is 10.0. The average Bonchev–Trinajstić information content (AvgIpc) is 2.52. The Kier molecular flexibility index (Phi) is 0.987. The fourth-order valence-corrected chi connectivity index (χ4v) is 1.76. The van der Waals surface area contributed by atoms with Crippen molar-refractivity contribution < 1.29 is 0 Å². The highest BCUT2D eigenvalue weighted by atomic mass is 15.1. The largest absolute Gasteiger partial charge is 0.277 e. The van der Waals surface area contributed by atoms with Crippen LogP contribution in [-0.4, -0.2) is 10.2 Å². The Morgan fingerprint density at radius 1 is 1.33 bits per heavy atom. The summed E-state index contributed by atoms with van der Waals surface area (Å²) in [5.41, 5.74) is 3.59. The molecular formula is C10H8N2. The molecule has 1 aromatic heterocycles. The van der Waals surface area contributed by atoms with Crippen LogP contribution in [0.4, 0.5) is 0 Å². The molecule has 0 saturated carbocycles. The molecule has 0 fully saturated rings. The summed E-state index contributed by atoms with van der Waals surface area (Å²) < 4.78 is 0. The van der Waals surface area contributed by atoms with Crippen molar-refractivity contribution in [3.8, 4) is 0 Å². The summed E-state index contributed by atoms with van der Waals surface area (Å²) in [7, 11) is 0. The minimum atomic E-state index is 1.03. The van der Waals surface area contributed by atoms with Crippen LogP contribution in [0.25, 0.3) is 17.0 Å². The predicted molar refractivity (Wildman–Crippen MR) is 48.8 cm³/mol. The molecule has 0 unspecified atom stereocenters. The van der Waals surface area contributed by atoms with Crippen LogP contribution in [0.3, 0.4) is 0 Å². The van der Waals surface area contributed by atoms with Gasteiger partial charge in [0.1, 0.15) is 0 Å². The van der Waals surface area contributed by atoms with Crippen LogP contribution in [0.2, 0.25) is 0 Å². The number of benzene rings is 1. The van der Waals surface area contributed by atoms with Gasteiger partial charge < -0.3 is 0 Å². The van der Waals surface area contributed by atoms with Crippen molar-refractivity contribution in [3.05, 3.63) is 35.5 Å². The van der Waals surface area contributed by atoms with Gasteiger partial charge in [0.05, 0.1) is 11.2 Å². The molecule has 0 bridgehead atoms. The summed E-state index contributed by atoms with van der Waals surface area (Å²) >= 11 is 0. The number of aromatic amines is 1. The van der Waals surface area contributed by atoms with Gasteiger partial charge in [0, 0.05) is 5.39 Å². The summed E-state index contributed by atoms with van der Waals surface area (Å²) in [6.45, 7) is 0. The molecule has 12 heavy (non-hydrogen) atoms. The monoisotopic (exact) mass is 156 g/mol. The Bertz CT molecular complexity index is 466. The van der Waals surface area contributed by atoms with Crippen molar-refractivity contribution in [2.45, 2.75) is 6.42 Å². The van der Waals surface area contributed by atoms with Gasteiger partial charge in [-0.1, -0.05) is 18.2 Å². The van der Waals surface area contributed by atoms with E-state index in [0.717, 1.165) is 17.6 Å². The van der Waals surface area contributed by atoms with Crippen molar-refractivity contribution in [3.63, 3.8) is 0 Å². The van der Waals surface area contributed by atoms with Crippen LogP contribution in [0.1, 0.15) is 11.3 Å². The van der Waals surface area contributed by atoms with Crippen molar-refractivity contribution in [2.75, 3.05) is 0 Å². The summed E-state index contributed by atoms with van der Waals surface area (Å²) in [4.78, 5) is 0. The minimum Gasteiger partial charge on any atom is -0.277 e. The molecule has 1 aliphatic rings. The van der Waals surface area contributed by atoms with E-state index in [1.165, 1.54) is 10.9 Å². The SMILES string of the molecule is C1=Cc2n[nH]c3cccc(c23)C1. The number of aromatic nitrogens is 2. The van der Waals surface area contributed by atoms with Crippen molar-refractivity contribution in [2.24, 2.45) is 0 Å². The van der Waals surface area contributed by atoms with Crippen LogP contribution in [0.15, 0.2) is 24.3 Å². The first kappa shape index (κ1) is 6.00. The topological polar surface area (TPSA) is 28.7 Å². The van der Waals surface area contributed by atoms with Crippen molar-refractivity contribution >= 4 is 17.0 Å². The maximum Gasteiger partial charge on any atom is 0.0927 e. The number of nitrogens with zero attached hydrogens (tertiary/aromatic N) is 1. The third-order valence-corrected chi connectivity index (χ3v) is 2.32. The lowest BCUT2D eigenvalue weighted by molar-refractivity contribution is 1.10. The highest BCUT2D eigenvalue weighted by molar-refractivity contribution is 5.91. The third-order valence-electron chi connectivity index (χ3n) is 2.32. The lowest BCUT2D eigenvalue weighted by Gasteiger charge is -2.03. The molecule has 2 nitrogen and oxygen atoms in total. The average molecular weight is 156 g/mol. The molecule has 0 saturated heterocycles. The molecule has 58 valence electrons. The molecule has 0 aliphatic heterocycles. The quantitative estimate of drug-likeness (QED) is 0.622. The Labute approximate surface area is 69.9 Å². The first-order valence-electron chi connectivity index (χ1n) is 4.08. The van der Waals surface area contributed by atoms with Gasteiger partial charge in [0.2, 0.25) is 0 Å². The minimum absolute atomic E-state index is 1.03. The maximum atomic E-state index is 4.21. The number of allylic oxidation sites excluding steroid dienone is 1. The van der Waals surface area contributed by atoms with Gasteiger partial charge in [-0.15, -0.1) is 0 Å². The number of rotatable bonds is 0. The van der Waals surface area contributed by atoms with E-state index in [2.05, 4.69) is 40.5 Å². The molecule has 0 amide bonds. The summed E-state index contributed by atoms with van der Waals surface area (Å²) in [6, 6.07) is 6.29. The Balaban J connectivity index is 2.57. The molecule has 2 heteroatoms. The van der Waals surface area contributed by atoms with Gasteiger partial charge in [0.15, 0.2) is 0 Å². The molecule has 1 aromatic carbocycles. The van der Waals surface area contributed by atoms with Crippen molar-refractivity contribution in [1.82, 2.24) is 10.2 Å². The second-order valence-electron chi connectivity index (χ2n) is 3.06. The highest BCUT2D eigenvalue weighted by Crippen LogP contribution is 2.25. The molecule has 1 heterocycles. The second-order valence-corrected chi connectivity index (χ2v) is 3.06. The van der Waals surface area contributed by atoms with Crippen LogP contribution in [0.5, 0.6) is 0 Å². The van der Waals surface area contributed by atoms with Crippen molar-refractivity contribution in [1.29, 1.82) is 0 Å². The van der Waals surface area contributed by atoms with E-state index in [1.54, 1.807) is 0 Å². The summed E-state index contributed by atoms with van der Waals surface area (Å²) in [6.07, 6.45) is 5.26. The van der Waals surface area contributed by atoms with Crippen LogP contribution in [-0.2, 0) is 6.42 Å². The zero-order chi connectivity index (χ0) is 7.97. The molecule has 0 atom stereocenters. The van der Waals surface area contributed by atoms with Crippen LogP contribution < -0.4 is 0 Å². The zero-order valence-corrected chi connectivity index (χ0v) is 6.54. The van der Waals surface area contributed by atoms with E-state index in [1.807, 2.05) is 0 Å². The van der Waals surface area contributed by atoms with Gasteiger partial charge in [-0.25, -0.2) is 0 Å². The molecule has 1 aliphatic carbocycles. The first-order valence-corrected chi connectivity index (χ1v) is 4.08. The van der Waals surface area contributed by atoms with E-state index in [9.17, 15) is 0 Å². The fraction of sp³-hybridized carbons (Fsp3) is 0.100. The summed E-state index contributed by atoms with van der Waals surface area (Å²) in [5, 5.41) is 8.52. The summed E-state index contributed by atoms with van der Waals surface area (Å²) in [5.74, 6) is 0. The van der Waals surface area contributed by atoms with E-state index >= 15 is 0 Å². The molecule has 2 aromatic rings. The van der Waals surface area contributed by atoms with Gasteiger partial charge in [-0.05, 0) is 24.1 Å². The standard InChI is InChI=1S/C10H8N2/c1-3-7-4-2-6-9-10(7)8(5-1)11-12-9/h1-3,5-6H,4H2,(H,11,12). The third kappa shape index (κ3) is 0.619. The maximum absolute atomic E-state index is 4.21. The normalized spacial score (nSPS) is 14.0. The van der Waals surface area contributed by atoms with Crippen LogP contribution in [0, 0.1) is 0 Å². The Hall–Kier alpha value is -1.57. The highest BCUT2D eigenvalue weighted by Gasteiger charge is 2.09. The molecule has 1 N–H and O–H groups in total. The molecule has 0 spiro atoms. The number of hydrogen-bond donors (Lipinski definition) is 1. The molecule has 3 rings (SSSR count). The second kappa shape index (κ2) is 1.97. The molecular weight excluding hydrogens is 148 g/mol.